The molecule has 23 heavy (non-hydrogen) atoms. The lowest BCUT2D eigenvalue weighted by Crippen LogP contribution is -2.52. The molecule has 0 unspecified atom stereocenters. The zero-order chi connectivity index (χ0) is 16.4. The maximum atomic E-state index is 12.6. The maximum absolute atomic E-state index is 12.6. The first-order valence-corrected chi connectivity index (χ1v) is 7.80. The number of carbonyl (C=O) groups excluding carboxylic acids is 3. The highest BCUT2D eigenvalue weighted by Gasteiger charge is 2.26. The molecule has 7 nitrogen and oxygen atoms in total. The summed E-state index contributed by atoms with van der Waals surface area (Å²) in [6.07, 6.45) is 0.414. The predicted molar refractivity (Wildman–Crippen MR) is 84.7 cm³/mol. The Balaban J connectivity index is 1.75. The highest BCUT2D eigenvalue weighted by Crippen LogP contribution is 2.19. The summed E-state index contributed by atoms with van der Waals surface area (Å²) in [6, 6.07) is 6.91. The number of benzene rings is 1. The quantitative estimate of drug-likeness (QED) is 0.821. The van der Waals surface area contributed by atoms with Gasteiger partial charge >= 0.3 is 0 Å². The summed E-state index contributed by atoms with van der Waals surface area (Å²) >= 11 is 0. The summed E-state index contributed by atoms with van der Waals surface area (Å²) in [5.74, 6) is -0.349. The molecule has 0 spiro atoms. The SMILES string of the molecule is C[C@@H]1CNCCN1C(=O)c1ccc(N2NC(=O)CCC2=O)cc1. The molecule has 0 radical (unpaired) electrons. The molecule has 1 atom stereocenters. The van der Waals surface area contributed by atoms with Crippen LogP contribution in [0.15, 0.2) is 24.3 Å². The number of nitrogens with one attached hydrogen (secondary N) is 2. The van der Waals surface area contributed by atoms with Gasteiger partial charge in [-0.15, -0.1) is 0 Å². The van der Waals surface area contributed by atoms with Crippen LogP contribution in [-0.4, -0.2) is 48.3 Å². The molecule has 2 N–H and O–H groups in total. The molecule has 1 aromatic rings. The highest BCUT2D eigenvalue weighted by molar-refractivity contribution is 6.01. The molecule has 0 aliphatic carbocycles. The van der Waals surface area contributed by atoms with Crippen molar-refractivity contribution in [2.75, 3.05) is 24.6 Å². The summed E-state index contributed by atoms with van der Waals surface area (Å²) in [7, 11) is 0. The van der Waals surface area contributed by atoms with Gasteiger partial charge in [-0.1, -0.05) is 0 Å². The van der Waals surface area contributed by atoms with E-state index >= 15 is 0 Å². The number of amides is 3. The standard InChI is InChI=1S/C16H20N4O3/c1-11-10-17-8-9-19(11)16(23)12-2-4-13(5-3-12)20-15(22)7-6-14(21)18-20/h2-5,11,17H,6-10H2,1H3,(H,18,21)/t11-/m1/s1. The minimum absolute atomic E-state index is 0.0143. The van der Waals surface area contributed by atoms with Crippen molar-refractivity contribution in [3.63, 3.8) is 0 Å². The number of hydrogen-bond acceptors (Lipinski definition) is 4. The molecule has 3 rings (SSSR count). The zero-order valence-electron chi connectivity index (χ0n) is 13.0. The van der Waals surface area contributed by atoms with Gasteiger partial charge in [0.2, 0.25) is 11.8 Å². The average molecular weight is 316 g/mol. The van der Waals surface area contributed by atoms with Crippen LogP contribution in [0.2, 0.25) is 0 Å². The van der Waals surface area contributed by atoms with E-state index in [0.29, 0.717) is 17.8 Å². The van der Waals surface area contributed by atoms with Gasteiger partial charge in [-0.3, -0.25) is 19.8 Å². The molecule has 2 aliphatic rings. The minimum atomic E-state index is -0.181. The van der Waals surface area contributed by atoms with Crippen molar-refractivity contribution in [2.24, 2.45) is 0 Å². The van der Waals surface area contributed by atoms with Crippen LogP contribution >= 0.6 is 0 Å². The van der Waals surface area contributed by atoms with Crippen molar-refractivity contribution in [1.82, 2.24) is 15.6 Å². The van der Waals surface area contributed by atoms with Crippen molar-refractivity contribution in [3.8, 4) is 0 Å². The van der Waals surface area contributed by atoms with Crippen LogP contribution in [0.1, 0.15) is 30.1 Å². The number of rotatable bonds is 2. The Bertz CT molecular complexity index is 629. The van der Waals surface area contributed by atoms with Gasteiger partial charge in [0.15, 0.2) is 0 Å². The fourth-order valence-electron chi connectivity index (χ4n) is 2.85. The van der Waals surface area contributed by atoms with Crippen LogP contribution in [0.3, 0.4) is 0 Å². The van der Waals surface area contributed by atoms with E-state index < -0.39 is 0 Å². The van der Waals surface area contributed by atoms with Gasteiger partial charge in [-0.2, -0.15) is 0 Å². The Hall–Kier alpha value is -2.41. The predicted octanol–water partition coefficient (Wildman–Crippen LogP) is 0.278. The summed E-state index contributed by atoms with van der Waals surface area (Å²) in [6.45, 7) is 4.28. The molecule has 7 heteroatoms. The Morgan fingerprint density at radius 2 is 1.91 bits per heavy atom. The summed E-state index contributed by atoms with van der Waals surface area (Å²) in [5.41, 5.74) is 3.69. The zero-order valence-corrected chi connectivity index (χ0v) is 13.0. The number of anilines is 1. The fraction of sp³-hybridized carbons (Fsp3) is 0.438. The maximum Gasteiger partial charge on any atom is 0.254 e. The van der Waals surface area contributed by atoms with Crippen molar-refractivity contribution >= 4 is 23.4 Å². The van der Waals surface area contributed by atoms with E-state index in [4.69, 9.17) is 0 Å². The largest absolute Gasteiger partial charge is 0.333 e. The van der Waals surface area contributed by atoms with E-state index in [2.05, 4.69) is 10.7 Å². The Morgan fingerprint density at radius 1 is 1.17 bits per heavy atom. The number of nitrogens with zero attached hydrogens (tertiary/aromatic N) is 2. The first-order valence-electron chi connectivity index (χ1n) is 7.80. The van der Waals surface area contributed by atoms with Crippen molar-refractivity contribution in [2.45, 2.75) is 25.8 Å². The van der Waals surface area contributed by atoms with Crippen molar-refractivity contribution < 1.29 is 14.4 Å². The third-order valence-electron chi connectivity index (χ3n) is 4.19. The molecule has 2 fully saturated rings. The van der Waals surface area contributed by atoms with Crippen molar-refractivity contribution in [1.29, 1.82) is 0 Å². The monoisotopic (exact) mass is 316 g/mol. The van der Waals surface area contributed by atoms with Gasteiger partial charge in [-0.05, 0) is 31.2 Å². The van der Waals surface area contributed by atoms with E-state index in [-0.39, 0.29) is 36.6 Å². The molecular weight excluding hydrogens is 296 g/mol. The molecule has 122 valence electrons. The van der Waals surface area contributed by atoms with Crippen LogP contribution in [0.5, 0.6) is 0 Å². The van der Waals surface area contributed by atoms with Crippen LogP contribution in [0.4, 0.5) is 5.69 Å². The molecule has 2 saturated heterocycles. The van der Waals surface area contributed by atoms with E-state index in [1.165, 1.54) is 5.01 Å². The highest BCUT2D eigenvalue weighted by atomic mass is 16.2. The minimum Gasteiger partial charge on any atom is -0.333 e. The molecular formula is C16H20N4O3. The lowest BCUT2D eigenvalue weighted by molar-refractivity contribution is -0.130. The van der Waals surface area contributed by atoms with E-state index in [9.17, 15) is 14.4 Å². The fourth-order valence-corrected chi connectivity index (χ4v) is 2.85. The summed E-state index contributed by atoms with van der Waals surface area (Å²) < 4.78 is 0. The first-order chi connectivity index (χ1) is 11.1. The lowest BCUT2D eigenvalue weighted by Gasteiger charge is -2.34. The normalized spacial score (nSPS) is 22.0. The second-order valence-electron chi connectivity index (χ2n) is 5.86. The third-order valence-corrected chi connectivity index (χ3v) is 4.19. The van der Waals surface area contributed by atoms with Crippen LogP contribution in [0.25, 0.3) is 0 Å². The second kappa shape index (κ2) is 6.37. The Labute approximate surface area is 134 Å². The van der Waals surface area contributed by atoms with Gasteiger partial charge in [0.05, 0.1) is 5.69 Å². The molecule has 0 saturated carbocycles. The van der Waals surface area contributed by atoms with Crippen LogP contribution < -0.4 is 15.8 Å². The molecule has 3 amide bonds. The molecule has 2 aliphatic heterocycles. The molecule has 2 heterocycles. The number of hydrazine groups is 1. The topological polar surface area (TPSA) is 81.8 Å². The third kappa shape index (κ3) is 3.19. The number of carbonyl (C=O) groups is 3. The molecule has 1 aromatic carbocycles. The van der Waals surface area contributed by atoms with Crippen LogP contribution in [-0.2, 0) is 9.59 Å². The lowest BCUT2D eigenvalue weighted by atomic mass is 10.1. The van der Waals surface area contributed by atoms with Gasteiger partial charge < -0.3 is 10.2 Å². The van der Waals surface area contributed by atoms with Gasteiger partial charge in [0.25, 0.3) is 5.91 Å². The van der Waals surface area contributed by atoms with E-state index in [1.807, 2.05) is 11.8 Å². The average Bonchev–Trinajstić information content (AvgIpc) is 2.57. The Kier molecular flexibility index (Phi) is 4.29. The van der Waals surface area contributed by atoms with E-state index in [0.717, 1.165) is 13.1 Å². The van der Waals surface area contributed by atoms with Gasteiger partial charge in [0, 0.05) is 44.1 Å². The smallest absolute Gasteiger partial charge is 0.254 e. The second-order valence-corrected chi connectivity index (χ2v) is 5.86. The molecule has 0 bridgehead atoms. The van der Waals surface area contributed by atoms with Crippen molar-refractivity contribution in [3.05, 3.63) is 29.8 Å². The Morgan fingerprint density at radius 3 is 2.61 bits per heavy atom. The summed E-state index contributed by atoms with van der Waals surface area (Å²) in [4.78, 5) is 37.7. The number of hydrogen-bond donors (Lipinski definition) is 2. The number of piperazine rings is 1. The first kappa shape index (κ1) is 15.5. The molecule has 0 aromatic heterocycles. The van der Waals surface area contributed by atoms with Crippen LogP contribution in [0, 0.1) is 0 Å². The van der Waals surface area contributed by atoms with Gasteiger partial charge in [-0.25, -0.2) is 5.01 Å². The van der Waals surface area contributed by atoms with Gasteiger partial charge in [0.1, 0.15) is 0 Å². The van der Waals surface area contributed by atoms with E-state index in [1.54, 1.807) is 24.3 Å². The summed E-state index contributed by atoms with van der Waals surface area (Å²) in [5, 5.41) is 4.50.